The summed E-state index contributed by atoms with van der Waals surface area (Å²) >= 11 is 0. The van der Waals surface area contributed by atoms with Crippen molar-refractivity contribution in [3.05, 3.63) is 41.5 Å². The van der Waals surface area contributed by atoms with E-state index in [1.54, 1.807) is 0 Å². The second kappa shape index (κ2) is 3.56. The van der Waals surface area contributed by atoms with Crippen LogP contribution in [-0.4, -0.2) is 12.3 Å². The molecule has 1 aromatic carbocycles. The molecule has 66 valence electrons. The molecule has 0 radical (unpaired) electrons. The van der Waals surface area contributed by atoms with Crippen LogP contribution in [0.5, 0.6) is 0 Å². The second-order valence-corrected chi connectivity index (χ2v) is 3.24. The molecule has 1 unspecified atom stereocenters. The maximum absolute atomic E-state index is 4.47. The van der Waals surface area contributed by atoms with Crippen LogP contribution >= 0.6 is 0 Å². The Balaban J connectivity index is 2.41. The van der Waals surface area contributed by atoms with Crippen molar-refractivity contribution >= 4 is 12.3 Å². The Hall–Kier alpha value is -1.37. The first-order valence-corrected chi connectivity index (χ1v) is 4.70. The number of hydrogen-bond acceptors (Lipinski definition) is 1. The Morgan fingerprint density at radius 3 is 2.77 bits per heavy atom. The van der Waals surface area contributed by atoms with Gasteiger partial charge in [0, 0.05) is 6.21 Å². The predicted molar refractivity (Wildman–Crippen MR) is 57.1 cm³/mol. The topological polar surface area (TPSA) is 12.4 Å². The van der Waals surface area contributed by atoms with Gasteiger partial charge in [0.2, 0.25) is 0 Å². The molecule has 0 fully saturated rings. The van der Waals surface area contributed by atoms with Gasteiger partial charge in [-0.1, -0.05) is 43.3 Å². The molecule has 0 saturated carbocycles. The quantitative estimate of drug-likeness (QED) is 0.616. The van der Waals surface area contributed by atoms with E-state index in [9.17, 15) is 0 Å². The monoisotopic (exact) mass is 171 g/mol. The fourth-order valence-corrected chi connectivity index (χ4v) is 1.46. The number of fused-ring (bicyclic) bond motifs is 1. The van der Waals surface area contributed by atoms with Gasteiger partial charge >= 0.3 is 0 Å². The lowest BCUT2D eigenvalue weighted by molar-refractivity contribution is 0.792. The standard InChI is InChI=1S/C12H13N/c1-2-12-8-7-10-5-3-4-6-11(10)9-13-12/h3-9,12H,2H2,1H3. The molecule has 1 atom stereocenters. The minimum Gasteiger partial charge on any atom is -0.285 e. The molecule has 0 bridgehead atoms. The molecule has 1 aliphatic heterocycles. The van der Waals surface area contributed by atoms with Crippen LogP contribution in [0, 0.1) is 0 Å². The van der Waals surface area contributed by atoms with Crippen molar-refractivity contribution in [3.8, 4) is 0 Å². The molecule has 1 aliphatic rings. The van der Waals surface area contributed by atoms with E-state index in [1.807, 2.05) is 12.3 Å². The largest absolute Gasteiger partial charge is 0.285 e. The number of benzene rings is 1. The van der Waals surface area contributed by atoms with Crippen molar-refractivity contribution in [3.63, 3.8) is 0 Å². The molecule has 1 aromatic rings. The van der Waals surface area contributed by atoms with E-state index in [-0.39, 0.29) is 0 Å². The molecule has 1 heteroatoms. The first-order valence-electron chi connectivity index (χ1n) is 4.70. The van der Waals surface area contributed by atoms with Crippen LogP contribution < -0.4 is 0 Å². The highest BCUT2D eigenvalue weighted by Crippen LogP contribution is 2.14. The summed E-state index contributed by atoms with van der Waals surface area (Å²) < 4.78 is 0. The Kier molecular flexibility index (Phi) is 2.26. The molecule has 0 aliphatic carbocycles. The van der Waals surface area contributed by atoms with Crippen LogP contribution in [0.25, 0.3) is 6.08 Å². The molecular weight excluding hydrogens is 158 g/mol. The summed E-state index contributed by atoms with van der Waals surface area (Å²) in [5, 5.41) is 0. The van der Waals surface area contributed by atoms with E-state index in [0.29, 0.717) is 6.04 Å². The van der Waals surface area contributed by atoms with Crippen LogP contribution in [0.4, 0.5) is 0 Å². The van der Waals surface area contributed by atoms with Crippen LogP contribution in [0.1, 0.15) is 24.5 Å². The Bertz CT molecular complexity index is 317. The molecule has 0 saturated heterocycles. The average molecular weight is 171 g/mol. The van der Waals surface area contributed by atoms with Crippen molar-refractivity contribution in [1.29, 1.82) is 0 Å². The van der Waals surface area contributed by atoms with E-state index in [1.165, 1.54) is 11.1 Å². The smallest absolute Gasteiger partial charge is 0.0680 e. The molecule has 0 amide bonds. The minimum atomic E-state index is 0.354. The fourth-order valence-electron chi connectivity index (χ4n) is 1.46. The highest BCUT2D eigenvalue weighted by Gasteiger charge is 2.03. The van der Waals surface area contributed by atoms with Gasteiger partial charge in [-0.2, -0.15) is 0 Å². The summed E-state index contributed by atoms with van der Waals surface area (Å²) in [5.41, 5.74) is 2.48. The molecule has 2 rings (SSSR count). The van der Waals surface area contributed by atoms with Crippen molar-refractivity contribution in [2.24, 2.45) is 4.99 Å². The van der Waals surface area contributed by atoms with Crippen molar-refractivity contribution in [1.82, 2.24) is 0 Å². The Morgan fingerprint density at radius 2 is 2.00 bits per heavy atom. The molecule has 0 N–H and O–H groups in total. The third-order valence-electron chi connectivity index (χ3n) is 2.32. The summed E-state index contributed by atoms with van der Waals surface area (Å²) in [6.07, 6.45) is 7.38. The number of nitrogens with zero attached hydrogens (tertiary/aromatic N) is 1. The van der Waals surface area contributed by atoms with Gasteiger partial charge in [-0.25, -0.2) is 0 Å². The van der Waals surface area contributed by atoms with Crippen LogP contribution in [0.15, 0.2) is 35.3 Å². The lowest BCUT2D eigenvalue weighted by Gasteiger charge is -1.98. The lowest BCUT2D eigenvalue weighted by Crippen LogP contribution is -1.95. The minimum absolute atomic E-state index is 0.354. The second-order valence-electron chi connectivity index (χ2n) is 3.24. The zero-order valence-corrected chi connectivity index (χ0v) is 7.77. The van der Waals surface area contributed by atoms with Gasteiger partial charge in [-0.15, -0.1) is 0 Å². The van der Waals surface area contributed by atoms with Crippen molar-refractivity contribution in [2.75, 3.05) is 0 Å². The summed E-state index contributed by atoms with van der Waals surface area (Å²) in [6, 6.07) is 8.68. The summed E-state index contributed by atoms with van der Waals surface area (Å²) in [4.78, 5) is 4.47. The van der Waals surface area contributed by atoms with E-state index in [0.717, 1.165) is 6.42 Å². The van der Waals surface area contributed by atoms with Crippen LogP contribution in [-0.2, 0) is 0 Å². The van der Waals surface area contributed by atoms with E-state index in [2.05, 4.69) is 42.3 Å². The summed E-state index contributed by atoms with van der Waals surface area (Å²) in [5.74, 6) is 0. The summed E-state index contributed by atoms with van der Waals surface area (Å²) in [7, 11) is 0. The van der Waals surface area contributed by atoms with Gasteiger partial charge in [-0.05, 0) is 17.5 Å². The average Bonchev–Trinajstić information content (AvgIpc) is 2.39. The molecule has 13 heavy (non-hydrogen) atoms. The molecule has 0 spiro atoms. The maximum Gasteiger partial charge on any atom is 0.0680 e. The molecular formula is C12H13N. The number of aliphatic imine (C=N–C) groups is 1. The normalized spacial score (nSPS) is 19.6. The first-order chi connectivity index (χ1) is 6.40. The molecule has 0 aromatic heterocycles. The van der Waals surface area contributed by atoms with E-state index >= 15 is 0 Å². The van der Waals surface area contributed by atoms with Crippen LogP contribution in [0.2, 0.25) is 0 Å². The lowest BCUT2D eigenvalue weighted by atomic mass is 10.1. The molecule has 1 nitrogen and oxygen atoms in total. The SMILES string of the molecule is CCC1C=Cc2ccccc2C=N1. The van der Waals surface area contributed by atoms with Gasteiger partial charge in [0.25, 0.3) is 0 Å². The third kappa shape index (κ3) is 1.69. The van der Waals surface area contributed by atoms with Gasteiger partial charge in [0.05, 0.1) is 6.04 Å². The maximum atomic E-state index is 4.47. The zero-order valence-electron chi connectivity index (χ0n) is 7.77. The first kappa shape index (κ1) is 8.24. The van der Waals surface area contributed by atoms with E-state index < -0.39 is 0 Å². The Morgan fingerprint density at radius 1 is 1.23 bits per heavy atom. The number of hydrogen-bond donors (Lipinski definition) is 0. The zero-order chi connectivity index (χ0) is 9.10. The highest BCUT2D eigenvalue weighted by molar-refractivity contribution is 5.86. The predicted octanol–water partition coefficient (Wildman–Crippen LogP) is 2.91. The fraction of sp³-hybridized carbons (Fsp3) is 0.250. The Labute approximate surface area is 78.8 Å². The van der Waals surface area contributed by atoms with Gasteiger partial charge in [0.15, 0.2) is 0 Å². The number of rotatable bonds is 1. The van der Waals surface area contributed by atoms with Crippen LogP contribution in [0.3, 0.4) is 0 Å². The third-order valence-corrected chi connectivity index (χ3v) is 2.32. The van der Waals surface area contributed by atoms with Crippen molar-refractivity contribution in [2.45, 2.75) is 19.4 Å². The summed E-state index contributed by atoms with van der Waals surface area (Å²) in [6.45, 7) is 2.16. The van der Waals surface area contributed by atoms with E-state index in [4.69, 9.17) is 0 Å². The van der Waals surface area contributed by atoms with Gasteiger partial charge < -0.3 is 0 Å². The van der Waals surface area contributed by atoms with Gasteiger partial charge in [0.1, 0.15) is 0 Å². The van der Waals surface area contributed by atoms with Crippen molar-refractivity contribution < 1.29 is 0 Å². The molecule has 1 heterocycles. The highest BCUT2D eigenvalue weighted by atomic mass is 14.8. The van der Waals surface area contributed by atoms with Gasteiger partial charge in [-0.3, -0.25) is 4.99 Å².